The molecule has 27 heavy (non-hydrogen) atoms. The number of benzene rings is 2. The zero-order valence-electron chi connectivity index (χ0n) is 16.0. The van der Waals surface area contributed by atoms with E-state index >= 15 is 0 Å². The highest BCUT2D eigenvalue weighted by molar-refractivity contribution is 6.01. The Hall–Kier alpha value is -3.22. The Labute approximate surface area is 157 Å². The lowest BCUT2D eigenvalue weighted by molar-refractivity contribution is 0.0473. The zero-order valence-corrected chi connectivity index (χ0v) is 16.0. The van der Waals surface area contributed by atoms with E-state index in [4.69, 9.17) is 23.7 Å². The summed E-state index contributed by atoms with van der Waals surface area (Å²) in [5.74, 6) is 0.769. The zero-order chi connectivity index (χ0) is 20.0. The van der Waals surface area contributed by atoms with Crippen LogP contribution in [0.25, 0.3) is 0 Å². The highest BCUT2D eigenvalue weighted by Crippen LogP contribution is 2.30. The maximum atomic E-state index is 12.5. The van der Waals surface area contributed by atoms with Crippen molar-refractivity contribution in [2.45, 2.75) is 6.92 Å². The Balaban J connectivity index is 2.17. The second-order valence-electron chi connectivity index (χ2n) is 5.57. The van der Waals surface area contributed by atoms with Gasteiger partial charge in [0.25, 0.3) is 0 Å². The fraction of sp³-hybridized carbons (Fsp3) is 0.300. The first-order valence-corrected chi connectivity index (χ1v) is 8.10. The average Bonchev–Trinajstić information content (AvgIpc) is 2.71. The van der Waals surface area contributed by atoms with Gasteiger partial charge in [0.15, 0.2) is 6.61 Å². The summed E-state index contributed by atoms with van der Waals surface area (Å²) < 4.78 is 25.9. The fourth-order valence-corrected chi connectivity index (χ4v) is 2.53. The Kier molecular flexibility index (Phi) is 6.65. The quantitative estimate of drug-likeness (QED) is 0.519. The van der Waals surface area contributed by atoms with Gasteiger partial charge >= 0.3 is 5.97 Å². The van der Waals surface area contributed by atoms with E-state index in [9.17, 15) is 9.59 Å². The monoisotopic (exact) mass is 374 g/mol. The molecular formula is C20H22O7. The van der Waals surface area contributed by atoms with E-state index in [1.165, 1.54) is 46.6 Å². The summed E-state index contributed by atoms with van der Waals surface area (Å²) in [5.41, 5.74) is 1.25. The minimum Gasteiger partial charge on any atom is -0.497 e. The van der Waals surface area contributed by atoms with Gasteiger partial charge in [-0.1, -0.05) is 0 Å². The molecule has 0 saturated carbocycles. The third-order valence-electron chi connectivity index (χ3n) is 4.03. The molecular weight excluding hydrogens is 352 g/mol. The van der Waals surface area contributed by atoms with Gasteiger partial charge in [-0.05, 0) is 37.3 Å². The molecule has 0 N–H and O–H groups in total. The molecule has 0 heterocycles. The summed E-state index contributed by atoms with van der Waals surface area (Å²) in [6.45, 7) is 1.37. The van der Waals surface area contributed by atoms with Crippen LogP contribution in [0.5, 0.6) is 23.0 Å². The standard InChI is InChI=1S/C20H22O7/c1-12-18(25-4)8-13(9-19(12)26-5)20(22)27-11-16(21)15-10-14(23-2)6-7-17(15)24-3/h6-10H,11H2,1-5H3. The maximum Gasteiger partial charge on any atom is 0.338 e. The summed E-state index contributed by atoms with van der Waals surface area (Å²) in [6, 6.07) is 7.90. The lowest BCUT2D eigenvalue weighted by atomic mass is 10.1. The van der Waals surface area contributed by atoms with E-state index in [-0.39, 0.29) is 11.1 Å². The Morgan fingerprint density at radius 2 is 1.41 bits per heavy atom. The second-order valence-corrected chi connectivity index (χ2v) is 5.57. The minimum absolute atomic E-state index is 0.222. The van der Waals surface area contributed by atoms with Gasteiger partial charge in [0.05, 0.1) is 39.6 Å². The van der Waals surface area contributed by atoms with Crippen molar-refractivity contribution in [3.05, 3.63) is 47.0 Å². The van der Waals surface area contributed by atoms with Gasteiger partial charge in [-0.15, -0.1) is 0 Å². The van der Waals surface area contributed by atoms with Crippen molar-refractivity contribution in [3.63, 3.8) is 0 Å². The Bertz CT molecular complexity index is 817. The van der Waals surface area contributed by atoms with Crippen molar-refractivity contribution in [2.75, 3.05) is 35.0 Å². The molecule has 0 fully saturated rings. The van der Waals surface area contributed by atoms with Gasteiger partial charge in [0.1, 0.15) is 23.0 Å². The number of ether oxygens (including phenoxy) is 5. The van der Waals surface area contributed by atoms with Crippen LogP contribution in [0.4, 0.5) is 0 Å². The van der Waals surface area contributed by atoms with Crippen LogP contribution in [0.3, 0.4) is 0 Å². The van der Waals surface area contributed by atoms with Crippen LogP contribution < -0.4 is 18.9 Å². The first-order chi connectivity index (χ1) is 12.9. The van der Waals surface area contributed by atoms with E-state index in [0.717, 1.165) is 5.56 Å². The molecule has 0 aromatic heterocycles. The van der Waals surface area contributed by atoms with E-state index in [1.54, 1.807) is 12.1 Å². The van der Waals surface area contributed by atoms with Crippen LogP contribution in [-0.4, -0.2) is 46.8 Å². The molecule has 0 aliphatic heterocycles. The number of esters is 1. The van der Waals surface area contributed by atoms with Crippen molar-refractivity contribution in [2.24, 2.45) is 0 Å². The van der Waals surface area contributed by atoms with Gasteiger partial charge in [0.2, 0.25) is 5.78 Å². The highest BCUT2D eigenvalue weighted by atomic mass is 16.5. The summed E-state index contributed by atoms with van der Waals surface area (Å²) >= 11 is 0. The number of carbonyl (C=O) groups excluding carboxylic acids is 2. The van der Waals surface area contributed by atoms with Crippen LogP contribution in [-0.2, 0) is 4.74 Å². The predicted molar refractivity (Wildman–Crippen MR) is 98.4 cm³/mol. The lowest BCUT2D eigenvalue weighted by Crippen LogP contribution is -2.15. The Morgan fingerprint density at radius 3 is 1.93 bits per heavy atom. The van der Waals surface area contributed by atoms with E-state index in [0.29, 0.717) is 23.0 Å². The van der Waals surface area contributed by atoms with Crippen LogP contribution in [0, 0.1) is 6.92 Å². The lowest BCUT2D eigenvalue weighted by Gasteiger charge is -2.13. The van der Waals surface area contributed by atoms with Crippen molar-refractivity contribution >= 4 is 11.8 Å². The molecule has 7 nitrogen and oxygen atoms in total. The third kappa shape index (κ3) is 4.49. The van der Waals surface area contributed by atoms with Crippen molar-refractivity contribution in [1.82, 2.24) is 0 Å². The van der Waals surface area contributed by atoms with Crippen LogP contribution in [0.1, 0.15) is 26.3 Å². The second kappa shape index (κ2) is 8.93. The van der Waals surface area contributed by atoms with Gasteiger partial charge in [-0.25, -0.2) is 4.79 Å². The number of hydrogen-bond acceptors (Lipinski definition) is 7. The van der Waals surface area contributed by atoms with Crippen LogP contribution in [0.15, 0.2) is 30.3 Å². The molecule has 7 heteroatoms. The molecule has 0 radical (unpaired) electrons. The molecule has 0 saturated heterocycles. The molecule has 0 bridgehead atoms. The van der Waals surface area contributed by atoms with Crippen LogP contribution >= 0.6 is 0 Å². The highest BCUT2D eigenvalue weighted by Gasteiger charge is 2.19. The molecule has 0 amide bonds. The first-order valence-electron chi connectivity index (χ1n) is 8.10. The molecule has 2 aromatic rings. The largest absolute Gasteiger partial charge is 0.497 e. The number of Topliss-reactive ketones (excluding diaryl/α,β-unsaturated/α-hetero) is 1. The average molecular weight is 374 g/mol. The third-order valence-corrected chi connectivity index (χ3v) is 4.03. The first kappa shape index (κ1) is 20.1. The SMILES string of the molecule is COc1ccc(OC)c(C(=O)COC(=O)c2cc(OC)c(C)c(OC)c2)c1. The number of carbonyl (C=O) groups is 2. The van der Waals surface area contributed by atoms with Gasteiger partial charge < -0.3 is 23.7 Å². The molecule has 0 atom stereocenters. The number of methoxy groups -OCH3 is 4. The fourth-order valence-electron chi connectivity index (χ4n) is 2.53. The van der Waals surface area contributed by atoms with Crippen molar-refractivity contribution < 1.29 is 33.3 Å². The number of ketones is 1. The molecule has 0 unspecified atom stereocenters. The molecule has 0 spiro atoms. The Morgan fingerprint density at radius 1 is 0.815 bits per heavy atom. The van der Waals surface area contributed by atoms with Gasteiger partial charge in [-0.2, -0.15) is 0 Å². The molecule has 2 rings (SSSR count). The van der Waals surface area contributed by atoms with E-state index in [2.05, 4.69) is 0 Å². The molecule has 2 aromatic carbocycles. The summed E-state index contributed by atoms with van der Waals surface area (Å²) in [4.78, 5) is 24.8. The van der Waals surface area contributed by atoms with Crippen molar-refractivity contribution in [1.29, 1.82) is 0 Å². The number of rotatable bonds is 8. The predicted octanol–water partition coefficient (Wildman–Crippen LogP) is 3.07. The topological polar surface area (TPSA) is 80.3 Å². The molecule has 0 aliphatic rings. The van der Waals surface area contributed by atoms with E-state index < -0.39 is 18.4 Å². The summed E-state index contributed by atoms with van der Waals surface area (Å²) in [6.07, 6.45) is 0. The smallest absolute Gasteiger partial charge is 0.338 e. The number of hydrogen-bond donors (Lipinski definition) is 0. The van der Waals surface area contributed by atoms with Gasteiger partial charge in [-0.3, -0.25) is 4.79 Å². The normalized spacial score (nSPS) is 10.1. The molecule has 0 aliphatic carbocycles. The van der Waals surface area contributed by atoms with Gasteiger partial charge in [0, 0.05) is 5.56 Å². The molecule has 144 valence electrons. The minimum atomic E-state index is -0.665. The van der Waals surface area contributed by atoms with Crippen LogP contribution in [0.2, 0.25) is 0 Å². The summed E-state index contributed by atoms with van der Waals surface area (Å²) in [7, 11) is 5.94. The maximum absolute atomic E-state index is 12.5. The van der Waals surface area contributed by atoms with Crippen molar-refractivity contribution in [3.8, 4) is 23.0 Å². The van der Waals surface area contributed by atoms with E-state index in [1.807, 2.05) is 6.92 Å². The summed E-state index contributed by atoms with van der Waals surface area (Å²) in [5, 5.41) is 0.